The maximum Gasteiger partial charge on any atom is 0.336 e. The molecule has 0 radical (unpaired) electrons. The fraction of sp³-hybridized carbons (Fsp3) is 0.667. The minimum Gasteiger partial charge on any atom is -0.478 e. The Morgan fingerprint density at radius 3 is 1.71 bits per heavy atom. The quantitative estimate of drug-likeness (QED) is 0.301. The summed E-state index contributed by atoms with van der Waals surface area (Å²) in [5, 5.41) is 19.1. The first-order valence-electron chi connectivity index (χ1n) is 11.1. The van der Waals surface area contributed by atoms with Gasteiger partial charge in [0.25, 0.3) is 0 Å². The van der Waals surface area contributed by atoms with E-state index in [0.717, 1.165) is 56.1 Å². The first-order chi connectivity index (χ1) is 13.5. The largest absolute Gasteiger partial charge is 0.478 e. The Bertz CT molecular complexity index is 607. The number of carbonyl (C=O) groups is 2. The number of carboxylic acid groups (broad SMARTS) is 2. The number of unbranched alkanes of at least 4 members (excludes halogenated alkanes) is 10. The molecule has 158 valence electrons. The third-order valence-electron chi connectivity index (χ3n) is 5.43. The summed E-state index contributed by atoms with van der Waals surface area (Å²) in [5.74, 6) is -2.28. The Hall–Kier alpha value is -1.84. The molecule has 28 heavy (non-hydrogen) atoms. The van der Waals surface area contributed by atoms with Gasteiger partial charge < -0.3 is 10.2 Å². The highest BCUT2D eigenvalue weighted by Crippen LogP contribution is 2.25. The lowest BCUT2D eigenvalue weighted by Gasteiger charge is -2.15. The molecule has 1 aromatic rings. The van der Waals surface area contributed by atoms with Gasteiger partial charge in [-0.3, -0.25) is 0 Å². The van der Waals surface area contributed by atoms with Gasteiger partial charge in [0.15, 0.2) is 0 Å². The van der Waals surface area contributed by atoms with E-state index in [9.17, 15) is 19.8 Å². The van der Waals surface area contributed by atoms with Crippen molar-refractivity contribution in [3.05, 3.63) is 34.4 Å². The van der Waals surface area contributed by atoms with Gasteiger partial charge in [-0.05, 0) is 42.9 Å². The summed E-state index contributed by atoms with van der Waals surface area (Å²) in [7, 11) is 0. The molecule has 0 aliphatic heterocycles. The Labute approximate surface area is 170 Å². The third-order valence-corrected chi connectivity index (χ3v) is 5.43. The molecule has 0 spiro atoms. The average Bonchev–Trinajstić information content (AvgIpc) is 2.67. The van der Waals surface area contributed by atoms with Crippen LogP contribution in [0.4, 0.5) is 0 Å². The van der Waals surface area contributed by atoms with Crippen LogP contribution in [0.1, 0.15) is 123 Å². The van der Waals surface area contributed by atoms with E-state index in [1.54, 1.807) is 0 Å². The van der Waals surface area contributed by atoms with Gasteiger partial charge in [-0.1, -0.05) is 84.1 Å². The van der Waals surface area contributed by atoms with Crippen LogP contribution in [-0.2, 0) is 12.8 Å². The van der Waals surface area contributed by atoms with Crippen molar-refractivity contribution in [2.45, 2.75) is 104 Å². The van der Waals surface area contributed by atoms with Gasteiger partial charge in [0, 0.05) is 0 Å². The van der Waals surface area contributed by atoms with Crippen molar-refractivity contribution < 1.29 is 19.8 Å². The molecule has 0 aromatic heterocycles. The van der Waals surface area contributed by atoms with E-state index < -0.39 is 11.9 Å². The van der Waals surface area contributed by atoms with Gasteiger partial charge >= 0.3 is 11.9 Å². The Kier molecular flexibility index (Phi) is 12.3. The Balaban J connectivity index is 2.80. The molecular formula is C24H38O4. The predicted octanol–water partition coefficient (Wildman–Crippen LogP) is 6.89. The van der Waals surface area contributed by atoms with Crippen LogP contribution in [0, 0.1) is 0 Å². The Morgan fingerprint density at radius 1 is 0.679 bits per heavy atom. The molecule has 0 fully saturated rings. The van der Waals surface area contributed by atoms with Crippen LogP contribution in [0.2, 0.25) is 0 Å². The van der Waals surface area contributed by atoms with E-state index in [0.29, 0.717) is 6.42 Å². The van der Waals surface area contributed by atoms with E-state index in [2.05, 4.69) is 13.8 Å². The zero-order valence-electron chi connectivity index (χ0n) is 17.8. The lowest BCUT2D eigenvalue weighted by Crippen LogP contribution is -2.14. The summed E-state index contributed by atoms with van der Waals surface area (Å²) in [6.45, 7) is 4.38. The smallest absolute Gasteiger partial charge is 0.336 e. The minimum atomic E-state index is -1.16. The van der Waals surface area contributed by atoms with Gasteiger partial charge in [-0.15, -0.1) is 0 Å². The molecule has 0 bridgehead atoms. The SMILES string of the molecule is CCCCCCCCCCc1c(CCCCCC)ccc(C(=O)O)c1C(=O)O. The molecule has 1 aromatic carbocycles. The lowest BCUT2D eigenvalue weighted by atomic mass is 9.89. The van der Waals surface area contributed by atoms with Gasteiger partial charge in [0.2, 0.25) is 0 Å². The molecule has 0 unspecified atom stereocenters. The number of aryl methyl sites for hydroxylation is 1. The summed E-state index contributed by atoms with van der Waals surface area (Å²) in [4.78, 5) is 23.4. The number of aromatic carboxylic acids is 2. The van der Waals surface area contributed by atoms with Crippen molar-refractivity contribution in [2.75, 3.05) is 0 Å². The fourth-order valence-electron chi connectivity index (χ4n) is 3.81. The van der Waals surface area contributed by atoms with E-state index >= 15 is 0 Å². The number of carboxylic acids is 2. The van der Waals surface area contributed by atoms with Crippen molar-refractivity contribution in [3.8, 4) is 0 Å². The first-order valence-corrected chi connectivity index (χ1v) is 11.1. The van der Waals surface area contributed by atoms with Crippen LogP contribution >= 0.6 is 0 Å². The van der Waals surface area contributed by atoms with E-state index in [1.807, 2.05) is 6.07 Å². The highest BCUT2D eigenvalue weighted by molar-refractivity contribution is 6.03. The van der Waals surface area contributed by atoms with E-state index in [1.165, 1.54) is 44.6 Å². The molecule has 0 atom stereocenters. The molecule has 0 aliphatic rings. The van der Waals surface area contributed by atoms with Crippen LogP contribution < -0.4 is 0 Å². The van der Waals surface area contributed by atoms with Crippen LogP contribution in [-0.4, -0.2) is 22.2 Å². The van der Waals surface area contributed by atoms with Crippen molar-refractivity contribution in [3.63, 3.8) is 0 Å². The molecule has 0 heterocycles. The summed E-state index contributed by atoms with van der Waals surface area (Å²) in [6.07, 6.45) is 15.4. The second-order valence-electron chi connectivity index (χ2n) is 7.77. The molecule has 1 rings (SSSR count). The monoisotopic (exact) mass is 390 g/mol. The summed E-state index contributed by atoms with van der Waals surface area (Å²) < 4.78 is 0. The summed E-state index contributed by atoms with van der Waals surface area (Å²) in [5.41, 5.74) is 1.68. The van der Waals surface area contributed by atoms with Crippen LogP contribution in [0.25, 0.3) is 0 Å². The van der Waals surface area contributed by atoms with Crippen molar-refractivity contribution in [2.24, 2.45) is 0 Å². The van der Waals surface area contributed by atoms with Crippen molar-refractivity contribution in [1.29, 1.82) is 0 Å². The minimum absolute atomic E-state index is 0.00318. The van der Waals surface area contributed by atoms with Gasteiger partial charge in [0.05, 0.1) is 11.1 Å². The average molecular weight is 391 g/mol. The van der Waals surface area contributed by atoms with Crippen LogP contribution in [0.5, 0.6) is 0 Å². The summed E-state index contributed by atoms with van der Waals surface area (Å²) in [6, 6.07) is 3.31. The van der Waals surface area contributed by atoms with Gasteiger partial charge in [-0.25, -0.2) is 9.59 Å². The van der Waals surface area contributed by atoms with Gasteiger partial charge in [0.1, 0.15) is 0 Å². The number of rotatable bonds is 16. The number of hydrogen-bond acceptors (Lipinski definition) is 2. The molecule has 0 saturated heterocycles. The highest BCUT2D eigenvalue weighted by atomic mass is 16.4. The molecule has 0 aliphatic carbocycles. The molecule has 4 nitrogen and oxygen atoms in total. The van der Waals surface area contributed by atoms with Crippen molar-refractivity contribution in [1.82, 2.24) is 0 Å². The maximum absolute atomic E-state index is 11.8. The molecule has 0 saturated carbocycles. The molecular weight excluding hydrogens is 352 g/mol. The number of benzene rings is 1. The molecule has 4 heteroatoms. The first kappa shape index (κ1) is 24.2. The van der Waals surface area contributed by atoms with E-state index in [4.69, 9.17) is 0 Å². The second kappa shape index (κ2) is 14.2. The van der Waals surface area contributed by atoms with Crippen LogP contribution in [0.3, 0.4) is 0 Å². The standard InChI is InChI=1S/C24H38O4/c1-3-5-7-9-10-11-12-14-16-20-19(15-13-8-6-4-2)17-18-21(23(25)26)22(20)24(27)28/h17-18H,3-16H2,1-2H3,(H,25,26)(H,27,28). The third kappa shape index (κ3) is 8.45. The zero-order valence-corrected chi connectivity index (χ0v) is 17.8. The molecule has 2 N–H and O–H groups in total. The number of hydrogen-bond donors (Lipinski definition) is 2. The topological polar surface area (TPSA) is 74.6 Å². The van der Waals surface area contributed by atoms with Crippen molar-refractivity contribution >= 4 is 11.9 Å². The van der Waals surface area contributed by atoms with E-state index in [-0.39, 0.29) is 11.1 Å². The summed E-state index contributed by atoms with van der Waals surface area (Å²) >= 11 is 0. The van der Waals surface area contributed by atoms with Gasteiger partial charge in [-0.2, -0.15) is 0 Å². The predicted molar refractivity (Wildman–Crippen MR) is 115 cm³/mol. The van der Waals surface area contributed by atoms with Crippen LogP contribution in [0.15, 0.2) is 12.1 Å². The zero-order chi connectivity index (χ0) is 20.8. The normalized spacial score (nSPS) is 10.9. The highest BCUT2D eigenvalue weighted by Gasteiger charge is 2.22. The second-order valence-corrected chi connectivity index (χ2v) is 7.77. The lowest BCUT2D eigenvalue weighted by molar-refractivity contribution is 0.0650. The Morgan fingerprint density at radius 2 is 1.18 bits per heavy atom. The maximum atomic E-state index is 11.8. The molecule has 0 amide bonds. The fourth-order valence-corrected chi connectivity index (χ4v) is 3.81.